The van der Waals surface area contributed by atoms with E-state index in [1.54, 1.807) is 25.1 Å². The first-order chi connectivity index (χ1) is 7.27. The molecule has 0 spiro atoms. The highest BCUT2D eigenvalue weighted by Gasteiger charge is 2.07. The van der Waals surface area contributed by atoms with Crippen LogP contribution in [0.4, 0.5) is 0 Å². The molecule has 15 heavy (non-hydrogen) atoms. The quantitative estimate of drug-likeness (QED) is 0.565. The van der Waals surface area contributed by atoms with Gasteiger partial charge in [0.05, 0.1) is 13.2 Å². The molecule has 0 aliphatic heterocycles. The highest BCUT2D eigenvalue weighted by molar-refractivity contribution is 5.87. The number of ether oxygens (including phenoxy) is 1. The van der Waals surface area contributed by atoms with Crippen molar-refractivity contribution < 1.29 is 9.53 Å². The van der Waals surface area contributed by atoms with E-state index in [4.69, 9.17) is 10.5 Å². The lowest BCUT2D eigenvalue weighted by Gasteiger charge is -2.00. The number of carbonyl (C=O) groups excluding carboxylic acids is 1. The maximum absolute atomic E-state index is 11.3. The molecule has 0 radical (unpaired) electrons. The molecule has 0 amide bonds. The minimum atomic E-state index is -0.436. The van der Waals surface area contributed by atoms with Gasteiger partial charge in [0.15, 0.2) is 0 Å². The van der Waals surface area contributed by atoms with Crippen molar-refractivity contribution in [2.75, 3.05) is 13.2 Å². The zero-order chi connectivity index (χ0) is 11.1. The van der Waals surface area contributed by atoms with Crippen molar-refractivity contribution in [2.45, 2.75) is 6.92 Å². The Morgan fingerprint density at radius 2 is 2.40 bits per heavy atom. The molecule has 1 heterocycles. The number of aromatic nitrogens is 1. The standard InChI is InChI=1S/C11H12N2O2/c1-2-15-11(14)10-7-3-5-9(13-10)6-4-8-12/h3,5,7H,2,8,12H2,1H3. The molecule has 1 aromatic rings. The monoisotopic (exact) mass is 204 g/mol. The molecule has 0 saturated heterocycles. The van der Waals surface area contributed by atoms with Gasteiger partial charge in [0.25, 0.3) is 0 Å². The average molecular weight is 204 g/mol. The van der Waals surface area contributed by atoms with Gasteiger partial charge < -0.3 is 10.5 Å². The molecule has 0 aromatic carbocycles. The van der Waals surface area contributed by atoms with Crippen LogP contribution >= 0.6 is 0 Å². The van der Waals surface area contributed by atoms with Crippen LogP contribution in [0.3, 0.4) is 0 Å². The van der Waals surface area contributed by atoms with Gasteiger partial charge >= 0.3 is 5.97 Å². The molecule has 0 fully saturated rings. The summed E-state index contributed by atoms with van der Waals surface area (Å²) in [4.78, 5) is 15.3. The first-order valence-electron chi connectivity index (χ1n) is 4.61. The molecule has 78 valence electrons. The second-order valence-electron chi connectivity index (χ2n) is 2.63. The number of esters is 1. The fraction of sp³-hybridized carbons (Fsp3) is 0.273. The number of hydrogen-bond acceptors (Lipinski definition) is 4. The van der Waals surface area contributed by atoms with Gasteiger partial charge in [0.2, 0.25) is 0 Å². The first-order valence-corrected chi connectivity index (χ1v) is 4.61. The van der Waals surface area contributed by atoms with E-state index in [9.17, 15) is 4.79 Å². The number of pyridine rings is 1. The van der Waals surface area contributed by atoms with E-state index < -0.39 is 5.97 Å². The molecule has 2 N–H and O–H groups in total. The number of rotatable bonds is 2. The lowest BCUT2D eigenvalue weighted by molar-refractivity contribution is 0.0519. The Kier molecular flexibility index (Phi) is 4.32. The van der Waals surface area contributed by atoms with Gasteiger partial charge in [-0.3, -0.25) is 0 Å². The zero-order valence-electron chi connectivity index (χ0n) is 8.49. The SMILES string of the molecule is CCOC(=O)c1cccc(C#CCN)n1. The molecular formula is C11H12N2O2. The van der Waals surface area contributed by atoms with Crippen molar-refractivity contribution in [3.63, 3.8) is 0 Å². The van der Waals surface area contributed by atoms with E-state index in [0.29, 0.717) is 12.3 Å². The third kappa shape index (κ3) is 3.41. The normalized spacial score (nSPS) is 8.93. The van der Waals surface area contributed by atoms with Crippen molar-refractivity contribution in [3.8, 4) is 11.8 Å². The third-order valence-corrected chi connectivity index (χ3v) is 1.55. The van der Waals surface area contributed by atoms with Crippen molar-refractivity contribution in [1.82, 2.24) is 4.98 Å². The lowest BCUT2D eigenvalue weighted by Crippen LogP contribution is -2.07. The molecule has 4 nitrogen and oxygen atoms in total. The fourth-order valence-electron chi connectivity index (χ4n) is 0.965. The Bertz CT molecular complexity index is 405. The van der Waals surface area contributed by atoms with Gasteiger partial charge in [0, 0.05) is 0 Å². The van der Waals surface area contributed by atoms with Crippen LogP contribution in [0.2, 0.25) is 0 Å². The van der Waals surface area contributed by atoms with Crippen LogP contribution in [0.5, 0.6) is 0 Å². The summed E-state index contributed by atoms with van der Waals surface area (Å²) < 4.78 is 4.81. The van der Waals surface area contributed by atoms with Crippen LogP contribution < -0.4 is 5.73 Å². The average Bonchev–Trinajstić information content (AvgIpc) is 2.27. The Hall–Kier alpha value is -1.86. The van der Waals surface area contributed by atoms with Crippen LogP contribution in [-0.2, 0) is 4.74 Å². The molecule has 0 atom stereocenters. The highest BCUT2D eigenvalue weighted by atomic mass is 16.5. The summed E-state index contributed by atoms with van der Waals surface area (Å²) in [6.07, 6.45) is 0. The summed E-state index contributed by atoms with van der Waals surface area (Å²) in [5.74, 6) is 4.98. The third-order valence-electron chi connectivity index (χ3n) is 1.55. The van der Waals surface area contributed by atoms with Crippen LogP contribution in [-0.4, -0.2) is 24.1 Å². The highest BCUT2D eigenvalue weighted by Crippen LogP contribution is 2.00. The predicted octanol–water partition coefficient (Wildman–Crippen LogP) is 0.569. The number of carbonyl (C=O) groups is 1. The first kappa shape index (κ1) is 11.2. The van der Waals surface area contributed by atoms with Crippen molar-refractivity contribution in [3.05, 3.63) is 29.6 Å². The smallest absolute Gasteiger partial charge is 0.356 e. The summed E-state index contributed by atoms with van der Waals surface area (Å²) in [7, 11) is 0. The topological polar surface area (TPSA) is 65.2 Å². The van der Waals surface area contributed by atoms with Crippen molar-refractivity contribution in [1.29, 1.82) is 0 Å². The Labute approximate surface area is 88.5 Å². The minimum absolute atomic E-state index is 0.265. The van der Waals surface area contributed by atoms with Crippen LogP contribution in [0.25, 0.3) is 0 Å². The second kappa shape index (κ2) is 5.78. The van der Waals surface area contributed by atoms with Crippen molar-refractivity contribution >= 4 is 5.97 Å². The van der Waals surface area contributed by atoms with Gasteiger partial charge in [-0.1, -0.05) is 12.0 Å². The van der Waals surface area contributed by atoms with Crippen LogP contribution in [0.15, 0.2) is 18.2 Å². The Morgan fingerprint density at radius 3 is 3.07 bits per heavy atom. The predicted molar refractivity (Wildman–Crippen MR) is 56.1 cm³/mol. The van der Waals surface area contributed by atoms with Crippen LogP contribution in [0, 0.1) is 11.8 Å². The van der Waals surface area contributed by atoms with Crippen LogP contribution in [0.1, 0.15) is 23.1 Å². The summed E-state index contributed by atoms with van der Waals surface area (Å²) in [5, 5.41) is 0. The molecular weight excluding hydrogens is 192 g/mol. The molecule has 4 heteroatoms. The Balaban J connectivity index is 2.87. The van der Waals surface area contributed by atoms with Gasteiger partial charge in [-0.05, 0) is 25.0 Å². The largest absolute Gasteiger partial charge is 0.461 e. The Morgan fingerprint density at radius 1 is 1.60 bits per heavy atom. The summed E-state index contributed by atoms with van der Waals surface area (Å²) >= 11 is 0. The molecule has 0 unspecified atom stereocenters. The lowest BCUT2D eigenvalue weighted by atomic mass is 10.3. The summed E-state index contributed by atoms with van der Waals surface area (Å²) in [5.41, 5.74) is 6.01. The minimum Gasteiger partial charge on any atom is -0.461 e. The second-order valence-corrected chi connectivity index (χ2v) is 2.63. The van der Waals surface area contributed by atoms with Gasteiger partial charge in [0.1, 0.15) is 11.4 Å². The maximum atomic E-state index is 11.3. The molecule has 0 aliphatic rings. The number of nitrogens with zero attached hydrogens (tertiary/aromatic N) is 1. The zero-order valence-corrected chi connectivity index (χ0v) is 8.49. The molecule has 0 bridgehead atoms. The van der Waals surface area contributed by atoms with E-state index in [-0.39, 0.29) is 12.2 Å². The molecule has 1 rings (SSSR count). The van der Waals surface area contributed by atoms with E-state index in [1.807, 2.05) is 0 Å². The summed E-state index contributed by atoms with van der Waals surface area (Å²) in [6, 6.07) is 5.01. The number of nitrogens with two attached hydrogens (primary N) is 1. The molecule has 0 aliphatic carbocycles. The number of hydrogen-bond donors (Lipinski definition) is 1. The molecule has 1 aromatic heterocycles. The van der Waals surface area contributed by atoms with E-state index >= 15 is 0 Å². The fourth-order valence-corrected chi connectivity index (χ4v) is 0.965. The van der Waals surface area contributed by atoms with Gasteiger partial charge in [-0.25, -0.2) is 9.78 Å². The summed E-state index contributed by atoms with van der Waals surface area (Å²) in [6.45, 7) is 2.35. The van der Waals surface area contributed by atoms with E-state index in [1.165, 1.54) is 0 Å². The van der Waals surface area contributed by atoms with Gasteiger partial charge in [-0.15, -0.1) is 0 Å². The van der Waals surface area contributed by atoms with Gasteiger partial charge in [-0.2, -0.15) is 0 Å². The van der Waals surface area contributed by atoms with Crippen molar-refractivity contribution in [2.24, 2.45) is 5.73 Å². The van der Waals surface area contributed by atoms with E-state index in [0.717, 1.165) is 0 Å². The molecule has 0 saturated carbocycles. The van der Waals surface area contributed by atoms with E-state index in [2.05, 4.69) is 16.8 Å². The maximum Gasteiger partial charge on any atom is 0.356 e.